The van der Waals surface area contributed by atoms with Gasteiger partial charge < -0.3 is 20.7 Å². The van der Waals surface area contributed by atoms with E-state index in [-0.39, 0.29) is 5.91 Å². The molecule has 166 valence electrons. The number of para-hydroxylation sites is 1. The summed E-state index contributed by atoms with van der Waals surface area (Å²) >= 11 is 0. The zero-order valence-electron chi connectivity index (χ0n) is 18.6. The highest BCUT2D eigenvalue weighted by atomic mass is 16.5. The first-order chi connectivity index (χ1) is 15.7. The molecule has 3 aromatic rings. The summed E-state index contributed by atoms with van der Waals surface area (Å²) < 4.78 is 6.02. The molecule has 0 aliphatic heterocycles. The molecule has 0 aliphatic carbocycles. The lowest BCUT2D eigenvalue weighted by molar-refractivity contribution is 0.0963. The topological polar surface area (TPSA) is 74.8 Å². The first-order valence-corrected chi connectivity index (χ1v) is 10.7. The van der Waals surface area contributed by atoms with Gasteiger partial charge in [0.25, 0.3) is 5.91 Å². The lowest BCUT2D eigenvalue weighted by Crippen LogP contribution is -2.40. The van der Waals surface area contributed by atoms with E-state index in [4.69, 9.17) is 4.74 Å². The first-order valence-electron chi connectivity index (χ1n) is 10.7. The van der Waals surface area contributed by atoms with Crippen molar-refractivity contribution in [2.75, 3.05) is 33.8 Å². The van der Waals surface area contributed by atoms with Crippen molar-refractivity contribution in [1.29, 1.82) is 0 Å². The Morgan fingerprint density at radius 1 is 0.906 bits per heavy atom. The Morgan fingerprint density at radius 2 is 1.66 bits per heavy atom. The highest BCUT2D eigenvalue weighted by molar-refractivity contribution is 5.94. The van der Waals surface area contributed by atoms with E-state index in [0.717, 1.165) is 28.9 Å². The minimum absolute atomic E-state index is 0.0777. The van der Waals surface area contributed by atoms with E-state index in [0.29, 0.717) is 31.2 Å². The zero-order chi connectivity index (χ0) is 22.6. The summed E-state index contributed by atoms with van der Waals surface area (Å²) in [6.45, 7) is 1.84. The summed E-state index contributed by atoms with van der Waals surface area (Å²) in [4.78, 5) is 16.0. The Balaban J connectivity index is 1.44. The van der Waals surface area contributed by atoms with Crippen LogP contribution in [0.5, 0.6) is 5.75 Å². The maximum atomic E-state index is 11.8. The Bertz CT molecular complexity index is 1030. The van der Waals surface area contributed by atoms with Crippen molar-refractivity contribution < 1.29 is 9.53 Å². The van der Waals surface area contributed by atoms with E-state index in [1.807, 2.05) is 60.7 Å². The zero-order valence-corrected chi connectivity index (χ0v) is 18.6. The normalized spacial score (nSPS) is 11.0. The molecule has 3 aromatic carbocycles. The van der Waals surface area contributed by atoms with Gasteiger partial charge in [-0.05, 0) is 35.7 Å². The van der Waals surface area contributed by atoms with Crippen molar-refractivity contribution in [3.05, 3.63) is 90.0 Å². The van der Waals surface area contributed by atoms with Crippen molar-refractivity contribution in [1.82, 2.24) is 16.0 Å². The summed E-state index contributed by atoms with van der Waals surface area (Å²) in [5.41, 5.74) is 3.97. The lowest BCUT2D eigenvalue weighted by Gasteiger charge is -2.14. The SMILES string of the molecule is CN=C(NCCOc1ccccc1-c1ccccc1)NCCc1cccc(C(=O)NC)c1. The number of benzene rings is 3. The Morgan fingerprint density at radius 3 is 2.44 bits per heavy atom. The van der Waals surface area contributed by atoms with Crippen LogP contribution in [0.2, 0.25) is 0 Å². The molecule has 0 unspecified atom stereocenters. The number of nitrogens with one attached hydrogen (secondary N) is 3. The van der Waals surface area contributed by atoms with E-state index in [2.05, 4.69) is 39.1 Å². The van der Waals surface area contributed by atoms with Gasteiger partial charge in [0, 0.05) is 31.8 Å². The maximum absolute atomic E-state index is 11.8. The standard InChI is InChI=1S/C26H30N4O2/c1-27-25(31)22-12-8-9-20(19-22)15-16-29-26(28-2)30-17-18-32-24-14-7-6-13-23(24)21-10-4-3-5-11-21/h3-14,19H,15-18H2,1-2H3,(H,27,31)(H2,28,29,30). The van der Waals surface area contributed by atoms with E-state index in [1.165, 1.54) is 0 Å². The number of hydrogen-bond acceptors (Lipinski definition) is 3. The quantitative estimate of drug-likeness (QED) is 0.276. The van der Waals surface area contributed by atoms with Gasteiger partial charge in [-0.2, -0.15) is 0 Å². The van der Waals surface area contributed by atoms with Crippen molar-refractivity contribution in [2.24, 2.45) is 4.99 Å². The highest BCUT2D eigenvalue weighted by Gasteiger charge is 2.06. The van der Waals surface area contributed by atoms with Gasteiger partial charge >= 0.3 is 0 Å². The molecule has 0 fully saturated rings. The molecule has 6 nitrogen and oxygen atoms in total. The summed E-state index contributed by atoms with van der Waals surface area (Å²) in [6, 6.07) is 25.9. The molecule has 6 heteroatoms. The number of carbonyl (C=O) groups excluding carboxylic acids is 1. The number of guanidine groups is 1. The van der Waals surface area contributed by atoms with Gasteiger partial charge in [0.1, 0.15) is 12.4 Å². The average molecular weight is 431 g/mol. The predicted molar refractivity (Wildman–Crippen MR) is 130 cm³/mol. The third kappa shape index (κ3) is 6.60. The number of aliphatic imine (C=N–C) groups is 1. The molecular weight excluding hydrogens is 400 g/mol. The van der Waals surface area contributed by atoms with Crippen LogP contribution in [0.3, 0.4) is 0 Å². The molecule has 1 amide bonds. The number of carbonyl (C=O) groups is 1. The second kappa shape index (κ2) is 12.2. The minimum Gasteiger partial charge on any atom is -0.491 e. The van der Waals surface area contributed by atoms with Crippen LogP contribution in [0, 0.1) is 0 Å². The average Bonchev–Trinajstić information content (AvgIpc) is 2.86. The molecule has 3 N–H and O–H groups in total. The van der Waals surface area contributed by atoms with Crippen molar-refractivity contribution in [3.8, 4) is 16.9 Å². The van der Waals surface area contributed by atoms with Crippen LogP contribution in [-0.2, 0) is 6.42 Å². The molecule has 0 bridgehead atoms. The van der Waals surface area contributed by atoms with E-state index in [9.17, 15) is 4.79 Å². The molecule has 0 radical (unpaired) electrons. The van der Waals surface area contributed by atoms with E-state index >= 15 is 0 Å². The van der Waals surface area contributed by atoms with Gasteiger partial charge in [0.2, 0.25) is 0 Å². The number of hydrogen-bond donors (Lipinski definition) is 3. The first kappa shape index (κ1) is 22.9. The molecule has 3 rings (SSSR count). The van der Waals surface area contributed by atoms with Crippen molar-refractivity contribution in [2.45, 2.75) is 6.42 Å². The summed E-state index contributed by atoms with van der Waals surface area (Å²) in [5, 5.41) is 9.22. The lowest BCUT2D eigenvalue weighted by atomic mass is 10.1. The molecule has 0 saturated heterocycles. The summed E-state index contributed by atoms with van der Waals surface area (Å²) in [6.07, 6.45) is 0.784. The van der Waals surface area contributed by atoms with E-state index in [1.54, 1.807) is 14.1 Å². The monoisotopic (exact) mass is 430 g/mol. The van der Waals surface area contributed by atoms with Crippen LogP contribution < -0.4 is 20.7 Å². The highest BCUT2D eigenvalue weighted by Crippen LogP contribution is 2.29. The molecule has 0 saturated carbocycles. The summed E-state index contributed by atoms with van der Waals surface area (Å²) in [7, 11) is 3.38. The molecule has 0 heterocycles. The molecule has 0 aromatic heterocycles. The van der Waals surface area contributed by atoms with Crippen LogP contribution in [0.1, 0.15) is 15.9 Å². The number of amides is 1. The second-order valence-corrected chi connectivity index (χ2v) is 7.17. The Kier molecular flexibility index (Phi) is 8.69. The molecular formula is C26H30N4O2. The largest absolute Gasteiger partial charge is 0.491 e. The number of ether oxygens (including phenoxy) is 1. The third-order valence-electron chi connectivity index (χ3n) is 4.97. The fraction of sp³-hybridized carbons (Fsp3) is 0.231. The molecule has 0 aliphatic rings. The smallest absolute Gasteiger partial charge is 0.251 e. The van der Waals surface area contributed by atoms with Crippen molar-refractivity contribution >= 4 is 11.9 Å². The van der Waals surface area contributed by atoms with E-state index < -0.39 is 0 Å². The van der Waals surface area contributed by atoms with Crippen LogP contribution >= 0.6 is 0 Å². The fourth-order valence-electron chi connectivity index (χ4n) is 3.34. The minimum atomic E-state index is -0.0777. The van der Waals surface area contributed by atoms with Gasteiger partial charge in [-0.1, -0.05) is 60.7 Å². The Labute approximate surface area is 189 Å². The van der Waals surface area contributed by atoms with Gasteiger partial charge in [-0.3, -0.25) is 9.79 Å². The van der Waals surface area contributed by atoms with Crippen LogP contribution in [-0.4, -0.2) is 45.7 Å². The Hall–Kier alpha value is -3.80. The van der Waals surface area contributed by atoms with Gasteiger partial charge in [0.05, 0.1) is 6.54 Å². The van der Waals surface area contributed by atoms with Gasteiger partial charge in [0.15, 0.2) is 5.96 Å². The van der Waals surface area contributed by atoms with Gasteiger partial charge in [-0.15, -0.1) is 0 Å². The second-order valence-electron chi connectivity index (χ2n) is 7.17. The molecule has 0 spiro atoms. The summed E-state index contributed by atoms with van der Waals surface area (Å²) in [5.74, 6) is 1.50. The molecule has 0 atom stereocenters. The van der Waals surface area contributed by atoms with Crippen LogP contribution in [0.25, 0.3) is 11.1 Å². The third-order valence-corrected chi connectivity index (χ3v) is 4.97. The van der Waals surface area contributed by atoms with Crippen LogP contribution in [0.4, 0.5) is 0 Å². The predicted octanol–water partition coefficient (Wildman–Crippen LogP) is 3.50. The van der Waals surface area contributed by atoms with Crippen molar-refractivity contribution in [3.63, 3.8) is 0 Å². The van der Waals surface area contributed by atoms with Gasteiger partial charge in [-0.25, -0.2) is 0 Å². The molecule has 32 heavy (non-hydrogen) atoms. The van der Waals surface area contributed by atoms with Crippen LogP contribution in [0.15, 0.2) is 83.9 Å². The fourth-order valence-corrected chi connectivity index (χ4v) is 3.34. The maximum Gasteiger partial charge on any atom is 0.251 e. The number of nitrogens with zero attached hydrogens (tertiary/aromatic N) is 1. The number of rotatable bonds is 9.